The average Bonchev–Trinajstić information content (AvgIpc) is 3.14. The number of nitrogens with one attached hydrogen (secondary N) is 1. The molecule has 24 heavy (non-hydrogen) atoms. The first kappa shape index (κ1) is 15.8. The maximum absolute atomic E-state index is 10.7. The van der Waals surface area contributed by atoms with Crippen LogP contribution in [0.3, 0.4) is 0 Å². The number of carbonyl (C=O) groups excluding carboxylic acids is 1. The van der Waals surface area contributed by atoms with Crippen molar-refractivity contribution in [3.8, 4) is 11.5 Å². The average molecular weight is 326 g/mol. The number of nitrogens with zero attached hydrogens (tertiary/aromatic N) is 3. The Hall–Kier alpha value is -3.09. The lowest BCUT2D eigenvalue weighted by Crippen LogP contribution is -2.26. The van der Waals surface area contributed by atoms with Crippen LogP contribution in [0.5, 0.6) is 11.5 Å². The number of hydrogen-bond acceptors (Lipinski definition) is 5. The predicted molar refractivity (Wildman–Crippen MR) is 88.9 cm³/mol. The van der Waals surface area contributed by atoms with E-state index in [1.54, 1.807) is 32.0 Å². The van der Waals surface area contributed by atoms with Crippen LogP contribution in [-0.4, -0.2) is 34.7 Å². The highest BCUT2D eigenvalue weighted by molar-refractivity contribution is 5.85. The van der Waals surface area contributed by atoms with Crippen LogP contribution in [0.25, 0.3) is 10.9 Å². The van der Waals surface area contributed by atoms with Crippen LogP contribution < -0.4 is 14.8 Å². The van der Waals surface area contributed by atoms with Crippen LogP contribution in [0.15, 0.2) is 49.2 Å². The second kappa shape index (κ2) is 7.45. The van der Waals surface area contributed by atoms with Crippen molar-refractivity contribution >= 4 is 17.3 Å². The highest BCUT2D eigenvalue weighted by Crippen LogP contribution is 2.26. The monoisotopic (exact) mass is 326 g/mol. The molecule has 7 nitrogen and oxygen atoms in total. The fourth-order valence-corrected chi connectivity index (χ4v) is 2.50. The Morgan fingerprint density at radius 3 is 3.08 bits per heavy atom. The van der Waals surface area contributed by atoms with Gasteiger partial charge < -0.3 is 19.4 Å². The first-order chi connectivity index (χ1) is 11.8. The van der Waals surface area contributed by atoms with Crippen molar-refractivity contribution in [2.45, 2.75) is 12.6 Å². The molecule has 2 heterocycles. The number of methoxy groups -OCH3 is 1. The molecule has 0 bridgehead atoms. The van der Waals surface area contributed by atoms with Gasteiger partial charge in [-0.1, -0.05) is 12.1 Å². The second-order valence-electron chi connectivity index (χ2n) is 5.15. The zero-order valence-electron chi connectivity index (χ0n) is 13.3. The molecule has 0 saturated carbocycles. The number of imidazole rings is 1. The normalized spacial score (nSPS) is 11.9. The van der Waals surface area contributed by atoms with Crippen molar-refractivity contribution in [2.75, 3.05) is 13.7 Å². The van der Waals surface area contributed by atoms with Crippen molar-refractivity contribution < 1.29 is 14.3 Å². The van der Waals surface area contributed by atoms with Crippen molar-refractivity contribution in [3.63, 3.8) is 0 Å². The van der Waals surface area contributed by atoms with E-state index in [0.29, 0.717) is 25.2 Å². The van der Waals surface area contributed by atoms with E-state index in [4.69, 9.17) is 9.47 Å². The number of benzene rings is 1. The summed E-state index contributed by atoms with van der Waals surface area (Å²) in [4.78, 5) is 19.1. The predicted octanol–water partition coefficient (Wildman–Crippen LogP) is 2.15. The summed E-state index contributed by atoms with van der Waals surface area (Å²) in [5, 5.41) is 3.69. The summed E-state index contributed by atoms with van der Waals surface area (Å²) >= 11 is 0. The topological polar surface area (TPSA) is 78.3 Å². The summed E-state index contributed by atoms with van der Waals surface area (Å²) in [6.07, 6.45) is 7.87. The lowest BCUT2D eigenvalue weighted by molar-refractivity contribution is -0.110. The van der Waals surface area contributed by atoms with Gasteiger partial charge in [0, 0.05) is 24.2 Å². The van der Waals surface area contributed by atoms with Crippen LogP contribution in [-0.2, 0) is 4.79 Å². The number of ether oxygens (including phenoxy) is 2. The largest absolute Gasteiger partial charge is 0.494 e. The van der Waals surface area contributed by atoms with Crippen LogP contribution in [0, 0.1) is 0 Å². The summed E-state index contributed by atoms with van der Waals surface area (Å²) in [7, 11) is 1.62. The first-order valence-corrected chi connectivity index (χ1v) is 7.54. The number of hydrogen-bond donors (Lipinski definition) is 1. The van der Waals surface area contributed by atoms with Crippen LogP contribution >= 0.6 is 0 Å². The van der Waals surface area contributed by atoms with Gasteiger partial charge in [0.25, 0.3) is 0 Å². The fraction of sp³-hybridized carbons (Fsp3) is 0.235. The molecule has 0 radical (unpaired) electrons. The molecule has 3 aromatic rings. The smallest absolute Gasteiger partial charge is 0.208 e. The highest BCUT2D eigenvalue weighted by atomic mass is 16.5. The molecule has 0 saturated heterocycles. The van der Waals surface area contributed by atoms with Gasteiger partial charge >= 0.3 is 0 Å². The Kier molecular flexibility index (Phi) is 4.90. The van der Waals surface area contributed by atoms with E-state index in [-0.39, 0.29) is 6.17 Å². The van der Waals surface area contributed by atoms with Crippen molar-refractivity contribution in [1.82, 2.24) is 19.9 Å². The molecule has 7 heteroatoms. The van der Waals surface area contributed by atoms with Gasteiger partial charge in [-0.15, -0.1) is 0 Å². The SMILES string of the molecule is COc1cccc2cc(OCCC(NC=O)n3ccnc3)cnc12. The minimum atomic E-state index is -0.196. The number of aromatic nitrogens is 3. The van der Waals surface area contributed by atoms with E-state index >= 15 is 0 Å². The lowest BCUT2D eigenvalue weighted by atomic mass is 10.2. The summed E-state index contributed by atoms with van der Waals surface area (Å²) < 4.78 is 12.9. The molecule has 1 amide bonds. The Morgan fingerprint density at radius 1 is 1.42 bits per heavy atom. The third kappa shape index (κ3) is 3.45. The molecule has 124 valence electrons. The molecule has 1 N–H and O–H groups in total. The highest BCUT2D eigenvalue weighted by Gasteiger charge is 2.10. The van der Waals surface area contributed by atoms with E-state index in [2.05, 4.69) is 15.3 Å². The number of para-hydroxylation sites is 1. The van der Waals surface area contributed by atoms with Crippen molar-refractivity contribution in [3.05, 3.63) is 49.2 Å². The number of fused-ring (bicyclic) bond motifs is 1. The van der Waals surface area contributed by atoms with E-state index in [1.165, 1.54) is 0 Å². The summed E-state index contributed by atoms with van der Waals surface area (Å²) in [6, 6.07) is 7.66. The fourth-order valence-electron chi connectivity index (χ4n) is 2.50. The van der Waals surface area contributed by atoms with Gasteiger partial charge in [-0.3, -0.25) is 4.79 Å². The number of carbonyl (C=O) groups is 1. The molecule has 1 unspecified atom stereocenters. The van der Waals surface area contributed by atoms with E-state index in [0.717, 1.165) is 16.7 Å². The minimum Gasteiger partial charge on any atom is -0.494 e. The van der Waals surface area contributed by atoms with Crippen molar-refractivity contribution in [1.29, 1.82) is 0 Å². The van der Waals surface area contributed by atoms with Gasteiger partial charge in [0.15, 0.2) is 0 Å². The molecule has 1 aromatic carbocycles. The standard InChI is InChI=1S/C17H18N4O3/c1-23-15-4-2-3-13-9-14(10-19-17(13)15)24-8-5-16(20-12-22)21-7-6-18-11-21/h2-4,6-7,9-12,16H,5,8H2,1H3,(H,20,22). The third-order valence-corrected chi connectivity index (χ3v) is 3.67. The molecular weight excluding hydrogens is 308 g/mol. The zero-order chi connectivity index (χ0) is 16.8. The maximum Gasteiger partial charge on any atom is 0.208 e. The Balaban J connectivity index is 1.66. The Bertz CT molecular complexity index is 805. The molecule has 3 rings (SSSR count). The van der Waals surface area contributed by atoms with Crippen LogP contribution in [0.4, 0.5) is 0 Å². The first-order valence-electron chi connectivity index (χ1n) is 7.54. The van der Waals surface area contributed by atoms with Crippen LogP contribution in [0.1, 0.15) is 12.6 Å². The van der Waals surface area contributed by atoms with Gasteiger partial charge in [0.1, 0.15) is 23.2 Å². The van der Waals surface area contributed by atoms with Gasteiger partial charge in [0.05, 0.1) is 26.2 Å². The zero-order valence-corrected chi connectivity index (χ0v) is 13.3. The van der Waals surface area contributed by atoms with E-state index in [9.17, 15) is 4.79 Å². The lowest BCUT2D eigenvalue weighted by Gasteiger charge is -2.17. The molecule has 0 fully saturated rings. The van der Waals surface area contributed by atoms with Gasteiger partial charge in [-0.25, -0.2) is 9.97 Å². The Labute approximate surface area is 139 Å². The molecule has 0 spiro atoms. The summed E-state index contributed by atoms with van der Waals surface area (Å²) in [5.41, 5.74) is 0.797. The molecule has 1 atom stereocenters. The molecular formula is C17H18N4O3. The quantitative estimate of drug-likeness (QED) is 0.642. The van der Waals surface area contributed by atoms with Crippen molar-refractivity contribution in [2.24, 2.45) is 0 Å². The summed E-state index contributed by atoms with van der Waals surface area (Å²) in [6.45, 7) is 0.431. The minimum absolute atomic E-state index is 0.196. The molecule has 0 aliphatic carbocycles. The number of pyridine rings is 1. The molecule has 2 aromatic heterocycles. The van der Waals surface area contributed by atoms with Gasteiger partial charge in [0.2, 0.25) is 6.41 Å². The number of amides is 1. The summed E-state index contributed by atoms with van der Waals surface area (Å²) in [5.74, 6) is 1.40. The molecule has 0 aliphatic rings. The van der Waals surface area contributed by atoms with Gasteiger partial charge in [-0.05, 0) is 12.1 Å². The molecule has 0 aliphatic heterocycles. The van der Waals surface area contributed by atoms with E-state index < -0.39 is 0 Å². The number of rotatable bonds is 8. The van der Waals surface area contributed by atoms with Crippen LogP contribution in [0.2, 0.25) is 0 Å². The maximum atomic E-state index is 10.7. The Morgan fingerprint density at radius 2 is 2.33 bits per heavy atom. The second-order valence-corrected chi connectivity index (χ2v) is 5.15. The van der Waals surface area contributed by atoms with Gasteiger partial charge in [-0.2, -0.15) is 0 Å². The third-order valence-electron chi connectivity index (χ3n) is 3.67. The van der Waals surface area contributed by atoms with E-state index in [1.807, 2.05) is 28.8 Å².